The molecule has 1 aromatic heterocycles. The van der Waals surface area contributed by atoms with E-state index in [1.807, 2.05) is 0 Å². The number of fused-ring (bicyclic) bond motifs is 1. The first-order chi connectivity index (χ1) is 9.65. The maximum Gasteiger partial charge on any atom is 0.255 e. The number of rotatable bonds is 1. The van der Waals surface area contributed by atoms with Crippen LogP contribution in [0.2, 0.25) is 0 Å². The van der Waals surface area contributed by atoms with E-state index in [1.54, 1.807) is 0 Å². The van der Waals surface area contributed by atoms with E-state index in [9.17, 15) is 4.79 Å². The van der Waals surface area contributed by atoms with Gasteiger partial charge in [-0.15, -0.1) is 0 Å². The van der Waals surface area contributed by atoms with E-state index in [1.165, 1.54) is 0 Å². The highest BCUT2D eigenvalue weighted by Crippen LogP contribution is 2.20. The van der Waals surface area contributed by atoms with E-state index in [0.717, 1.165) is 56.1 Å². The minimum atomic E-state index is 0.0255. The molecule has 1 atom stereocenters. The molecular weight excluding hydrogens is 254 g/mol. The molecule has 1 saturated heterocycles. The van der Waals surface area contributed by atoms with Gasteiger partial charge in [0.25, 0.3) is 5.56 Å². The molecule has 0 aromatic carbocycles. The van der Waals surface area contributed by atoms with E-state index < -0.39 is 0 Å². The van der Waals surface area contributed by atoms with Crippen molar-refractivity contribution in [1.82, 2.24) is 25.1 Å². The van der Waals surface area contributed by atoms with Crippen LogP contribution in [0.4, 0.5) is 0 Å². The number of likely N-dealkylation sites (N-methyl/N-ethyl adjacent to an activating group) is 2. The van der Waals surface area contributed by atoms with E-state index in [-0.39, 0.29) is 11.6 Å². The fourth-order valence-corrected chi connectivity index (χ4v) is 3.10. The third-order valence-electron chi connectivity index (χ3n) is 4.34. The first-order valence-electron chi connectivity index (χ1n) is 7.36. The zero-order valence-corrected chi connectivity index (χ0v) is 12.3. The first-order valence-corrected chi connectivity index (χ1v) is 7.36. The third kappa shape index (κ3) is 2.63. The van der Waals surface area contributed by atoms with Crippen LogP contribution in [-0.2, 0) is 13.0 Å². The molecule has 6 heteroatoms. The molecule has 0 radical (unpaired) electrons. The van der Waals surface area contributed by atoms with Crippen molar-refractivity contribution in [3.63, 3.8) is 0 Å². The average molecular weight is 277 g/mol. The lowest BCUT2D eigenvalue weighted by atomic mass is 10.1. The van der Waals surface area contributed by atoms with Crippen LogP contribution >= 0.6 is 0 Å². The predicted molar refractivity (Wildman–Crippen MR) is 77.8 cm³/mol. The van der Waals surface area contributed by atoms with E-state index in [4.69, 9.17) is 4.98 Å². The standard InChI is InChI=1S/C14H23N5O/c1-18-6-3-7-19(2)12(9-18)13-16-11-4-5-15-8-10(11)14(20)17-13/h12,15H,3-9H2,1-2H3,(H,16,17,20). The number of hydrogen-bond acceptors (Lipinski definition) is 5. The SMILES string of the molecule is CN1CCCN(C)C(c2nc3c(c(=O)[nH]2)CNCC3)C1. The van der Waals surface area contributed by atoms with Crippen LogP contribution in [-0.4, -0.2) is 60.0 Å². The maximum atomic E-state index is 12.2. The van der Waals surface area contributed by atoms with Crippen molar-refractivity contribution in [3.8, 4) is 0 Å². The highest BCUT2D eigenvalue weighted by Gasteiger charge is 2.26. The second-order valence-electron chi connectivity index (χ2n) is 5.92. The summed E-state index contributed by atoms with van der Waals surface area (Å²) in [6, 6.07) is 0.176. The molecule has 2 aliphatic rings. The van der Waals surface area contributed by atoms with Gasteiger partial charge in [-0.25, -0.2) is 4.98 Å². The van der Waals surface area contributed by atoms with Gasteiger partial charge in [-0.2, -0.15) is 0 Å². The Kier molecular flexibility index (Phi) is 3.87. The molecule has 1 unspecified atom stereocenters. The van der Waals surface area contributed by atoms with Crippen molar-refractivity contribution < 1.29 is 0 Å². The van der Waals surface area contributed by atoms with Crippen molar-refractivity contribution in [1.29, 1.82) is 0 Å². The zero-order valence-electron chi connectivity index (χ0n) is 12.3. The fraction of sp³-hybridized carbons (Fsp3) is 0.714. The summed E-state index contributed by atoms with van der Waals surface area (Å²) in [6.45, 7) is 4.59. The summed E-state index contributed by atoms with van der Waals surface area (Å²) in [4.78, 5) is 24.6. The minimum Gasteiger partial charge on any atom is -0.312 e. The second kappa shape index (κ2) is 5.63. The molecular formula is C14H23N5O. The Morgan fingerprint density at radius 1 is 1.30 bits per heavy atom. The van der Waals surface area contributed by atoms with Gasteiger partial charge in [-0.3, -0.25) is 9.69 Å². The van der Waals surface area contributed by atoms with E-state index >= 15 is 0 Å². The second-order valence-corrected chi connectivity index (χ2v) is 5.92. The summed E-state index contributed by atoms with van der Waals surface area (Å²) in [5.41, 5.74) is 1.81. The molecule has 0 bridgehead atoms. The van der Waals surface area contributed by atoms with Crippen LogP contribution in [0.1, 0.15) is 29.5 Å². The van der Waals surface area contributed by atoms with Crippen LogP contribution in [0.3, 0.4) is 0 Å². The predicted octanol–water partition coefficient (Wildman–Crippen LogP) is -0.276. The lowest BCUT2D eigenvalue weighted by Crippen LogP contribution is -2.37. The van der Waals surface area contributed by atoms with E-state index in [2.05, 4.69) is 34.2 Å². The summed E-state index contributed by atoms with van der Waals surface area (Å²) in [7, 11) is 4.25. The highest BCUT2D eigenvalue weighted by molar-refractivity contribution is 5.21. The molecule has 3 rings (SSSR count). The lowest BCUT2D eigenvalue weighted by Gasteiger charge is -2.27. The molecule has 3 heterocycles. The zero-order chi connectivity index (χ0) is 14.1. The molecule has 20 heavy (non-hydrogen) atoms. The topological polar surface area (TPSA) is 64.3 Å². The minimum absolute atomic E-state index is 0.0255. The number of hydrogen-bond donors (Lipinski definition) is 2. The number of nitrogens with zero attached hydrogens (tertiary/aromatic N) is 3. The third-order valence-corrected chi connectivity index (χ3v) is 4.34. The van der Waals surface area contributed by atoms with Crippen molar-refractivity contribution in [2.24, 2.45) is 0 Å². The normalized spacial score (nSPS) is 25.2. The van der Waals surface area contributed by atoms with Gasteiger partial charge in [-0.1, -0.05) is 0 Å². The fourth-order valence-electron chi connectivity index (χ4n) is 3.10. The van der Waals surface area contributed by atoms with E-state index in [0.29, 0.717) is 6.54 Å². The molecule has 0 amide bonds. The Morgan fingerprint density at radius 3 is 3.00 bits per heavy atom. The molecule has 1 aromatic rings. The number of aromatic amines is 1. The first kappa shape index (κ1) is 13.7. The van der Waals surface area contributed by atoms with Crippen molar-refractivity contribution in [2.45, 2.75) is 25.4 Å². The number of aromatic nitrogens is 2. The molecule has 110 valence electrons. The summed E-state index contributed by atoms with van der Waals surface area (Å²) in [5, 5.41) is 3.23. The van der Waals surface area contributed by atoms with Gasteiger partial charge in [0.05, 0.1) is 17.3 Å². The van der Waals surface area contributed by atoms with Crippen LogP contribution in [0.25, 0.3) is 0 Å². The Balaban J connectivity index is 1.96. The Labute approximate surface area is 119 Å². The summed E-state index contributed by atoms with van der Waals surface area (Å²) in [6.07, 6.45) is 2.00. The quantitative estimate of drug-likeness (QED) is 0.739. The van der Waals surface area contributed by atoms with Gasteiger partial charge >= 0.3 is 0 Å². The van der Waals surface area contributed by atoms with Crippen molar-refractivity contribution in [2.75, 3.05) is 40.3 Å². The highest BCUT2D eigenvalue weighted by atomic mass is 16.1. The molecule has 1 fully saturated rings. The molecule has 6 nitrogen and oxygen atoms in total. The smallest absolute Gasteiger partial charge is 0.255 e. The molecule has 2 aliphatic heterocycles. The Bertz CT molecular complexity index is 541. The maximum absolute atomic E-state index is 12.2. The Morgan fingerprint density at radius 2 is 2.15 bits per heavy atom. The Hall–Kier alpha value is -1.24. The molecule has 0 saturated carbocycles. The molecule has 0 spiro atoms. The van der Waals surface area contributed by atoms with Crippen LogP contribution in [0.5, 0.6) is 0 Å². The summed E-state index contributed by atoms with van der Waals surface area (Å²) < 4.78 is 0. The van der Waals surface area contributed by atoms with Gasteiger partial charge in [0, 0.05) is 26.1 Å². The van der Waals surface area contributed by atoms with Gasteiger partial charge < -0.3 is 15.2 Å². The van der Waals surface area contributed by atoms with Crippen LogP contribution in [0, 0.1) is 0 Å². The molecule has 2 N–H and O–H groups in total. The lowest BCUT2D eigenvalue weighted by molar-refractivity contribution is 0.218. The van der Waals surface area contributed by atoms with Gasteiger partial charge in [0.2, 0.25) is 0 Å². The molecule has 0 aliphatic carbocycles. The number of nitrogens with one attached hydrogen (secondary N) is 2. The number of H-pyrrole nitrogens is 1. The van der Waals surface area contributed by atoms with Crippen LogP contribution < -0.4 is 10.9 Å². The van der Waals surface area contributed by atoms with Crippen molar-refractivity contribution >= 4 is 0 Å². The largest absolute Gasteiger partial charge is 0.312 e. The van der Waals surface area contributed by atoms with Crippen molar-refractivity contribution in [3.05, 3.63) is 27.4 Å². The summed E-state index contributed by atoms with van der Waals surface area (Å²) in [5.74, 6) is 0.826. The van der Waals surface area contributed by atoms with Gasteiger partial charge in [0.1, 0.15) is 5.82 Å². The van der Waals surface area contributed by atoms with Crippen LogP contribution in [0.15, 0.2) is 4.79 Å². The van der Waals surface area contributed by atoms with Gasteiger partial charge in [-0.05, 0) is 33.6 Å². The monoisotopic (exact) mass is 277 g/mol. The average Bonchev–Trinajstić information content (AvgIpc) is 2.60. The summed E-state index contributed by atoms with van der Waals surface area (Å²) >= 11 is 0. The van der Waals surface area contributed by atoms with Gasteiger partial charge in [0.15, 0.2) is 0 Å².